The van der Waals surface area contributed by atoms with E-state index in [4.69, 9.17) is 9.47 Å². The summed E-state index contributed by atoms with van der Waals surface area (Å²) in [5, 5.41) is 13.4. The van der Waals surface area contributed by atoms with Crippen LogP contribution in [-0.2, 0) is 4.74 Å². The largest absolute Gasteiger partial charge is 0.496 e. The van der Waals surface area contributed by atoms with E-state index in [1.165, 1.54) is 31.2 Å². The van der Waals surface area contributed by atoms with Gasteiger partial charge in [0, 0.05) is 18.2 Å². The predicted octanol–water partition coefficient (Wildman–Crippen LogP) is 2.53. The summed E-state index contributed by atoms with van der Waals surface area (Å²) in [4.78, 5) is 0. The monoisotopic (exact) mass is 305 g/mol. The van der Waals surface area contributed by atoms with Crippen molar-refractivity contribution in [2.45, 2.75) is 31.7 Å². The fraction of sp³-hybridized carbons (Fsp3) is 0.667. The molecule has 1 aliphatic carbocycles. The number of ether oxygens (including phenoxy) is 2. The van der Waals surface area contributed by atoms with E-state index in [-0.39, 0.29) is 12.0 Å². The molecule has 1 aromatic rings. The maximum atomic E-state index is 9.64. The Morgan fingerprint density at radius 2 is 2.05 bits per heavy atom. The third-order valence-electron chi connectivity index (χ3n) is 5.19. The standard InChI is InChI=1S/C18H27NO3/c1-21-16-9-5-4-8-15(16)17(14-6-2-3-7-14)19-10-18(11-20)12-22-13-18/h4-5,8-9,14,17,19-20H,2-3,6-7,10-13H2,1H3. The second-order valence-corrected chi connectivity index (χ2v) is 6.80. The first kappa shape index (κ1) is 15.8. The number of nitrogens with one attached hydrogen (secondary N) is 1. The minimum Gasteiger partial charge on any atom is -0.496 e. The van der Waals surface area contributed by atoms with Crippen molar-refractivity contribution in [2.75, 3.05) is 33.5 Å². The topological polar surface area (TPSA) is 50.7 Å². The van der Waals surface area contributed by atoms with E-state index >= 15 is 0 Å². The van der Waals surface area contributed by atoms with E-state index in [0.717, 1.165) is 12.3 Å². The van der Waals surface area contributed by atoms with Crippen molar-refractivity contribution in [2.24, 2.45) is 11.3 Å². The fourth-order valence-electron chi connectivity index (χ4n) is 3.71. The molecule has 1 saturated carbocycles. The van der Waals surface area contributed by atoms with Gasteiger partial charge in [-0.15, -0.1) is 0 Å². The number of benzene rings is 1. The fourth-order valence-corrected chi connectivity index (χ4v) is 3.71. The Balaban J connectivity index is 1.77. The molecule has 1 heterocycles. The average Bonchev–Trinajstić information content (AvgIpc) is 3.04. The van der Waals surface area contributed by atoms with Gasteiger partial charge in [0.05, 0.1) is 32.3 Å². The zero-order chi connectivity index (χ0) is 15.4. The molecule has 0 amide bonds. The van der Waals surface area contributed by atoms with Crippen LogP contribution in [-0.4, -0.2) is 38.6 Å². The summed E-state index contributed by atoms with van der Waals surface area (Å²) in [6.45, 7) is 2.28. The molecule has 2 fully saturated rings. The predicted molar refractivity (Wildman–Crippen MR) is 86.0 cm³/mol. The van der Waals surface area contributed by atoms with E-state index in [0.29, 0.717) is 25.2 Å². The van der Waals surface area contributed by atoms with Crippen molar-refractivity contribution in [3.05, 3.63) is 29.8 Å². The zero-order valence-corrected chi connectivity index (χ0v) is 13.4. The van der Waals surface area contributed by atoms with Crippen molar-refractivity contribution in [3.8, 4) is 5.75 Å². The molecule has 0 spiro atoms. The molecule has 1 aromatic carbocycles. The Morgan fingerprint density at radius 1 is 1.32 bits per heavy atom. The first-order chi connectivity index (χ1) is 10.8. The number of hydrogen-bond donors (Lipinski definition) is 2. The molecule has 1 atom stereocenters. The third kappa shape index (κ3) is 3.14. The van der Waals surface area contributed by atoms with Gasteiger partial charge in [0.15, 0.2) is 0 Å². The van der Waals surface area contributed by atoms with Crippen molar-refractivity contribution in [1.82, 2.24) is 5.32 Å². The first-order valence-corrected chi connectivity index (χ1v) is 8.33. The lowest BCUT2D eigenvalue weighted by Crippen LogP contribution is -2.53. The van der Waals surface area contributed by atoms with Crippen molar-refractivity contribution >= 4 is 0 Å². The highest BCUT2D eigenvalue weighted by molar-refractivity contribution is 5.36. The second-order valence-electron chi connectivity index (χ2n) is 6.80. The normalized spacial score (nSPS) is 22.3. The van der Waals surface area contributed by atoms with Gasteiger partial charge in [-0.25, -0.2) is 0 Å². The minimum absolute atomic E-state index is 0.0983. The molecule has 0 radical (unpaired) electrons. The van der Waals surface area contributed by atoms with Crippen LogP contribution in [0.1, 0.15) is 37.3 Å². The van der Waals surface area contributed by atoms with Gasteiger partial charge >= 0.3 is 0 Å². The minimum atomic E-state index is -0.0983. The summed E-state index contributed by atoms with van der Waals surface area (Å²) >= 11 is 0. The van der Waals surface area contributed by atoms with E-state index in [1.807, 2.05) is 12.1 Å². The number of methoxy groups -OCH3 is 1. The van der Waals surface area contributed by atoms with E-state index in [2.05, 4.69) is 17.4 Å². The maximum absolute atomic E-state index is 9.64. The Kier molecular flexibility index (Phi) is 5.01. The molecule has 122 valence electrons. The molecule has 1 unspecified atom stereocenters. The summed E-state index contributed by atoms with van der Waals surface area (Å²) < 4.78 is 10.9. The van der Waals surface area contributed by atoms with Crippen LogP contribution in [0.25, 0.3) is 0 Å². The number of rotatable bonds is 7. The van der Waals surface area contributed by atoms with Crippen LogP contribution in [0.15, 0.2) is 24.3 Å². The molecule has 4 nitrogen and oxygen atoms in total. The quantitative estimate of drug-likeness (QED) is 0.813. The zero-order valence-electron chi connectivity index (χ0n) is 13.4. The van der Waals surface area contributed by atoms with Crippen LogP contribution in [0.5, 0.6) is 5.75 Å². The molecule has 0 bridgehead atoms. The number of aliphatic hydroxyl groups excluding tert-OH is 1. The Bertz CT molecular complexity index is 475. The third-order valence-corrected chi connectivity index (χ3v) is 5.19. The molecule has 22 heavy (non-hydrogen) atoms. The number of para-hydroxylation sites is 1. The van der Waals surface area contributed by atoms with Gasteiger partial charge in [-0.3, -0.25) is 0 Å². The molecule has 0 aromatic heterocycles. The van der Waals surface area contributed by atoms with Gasteiger partial charge < -0.3 is 19.9 Å². The van der Waals surface area contributed by atoms with Gasteiger partial charge in [0.1, 0.15) is 5.75 Å². The average molecular weight is 305 g/mol. The van der Waals surface area contributed by atoms with Crippen LogP contribution in [0.3, 0.4) is 0 Å². The Labute approximate surface area is 132 Å². The first-order valence-electron chi connectivity index (χ1n) is 8.33. The maximum Gasteiger partial charge on any atom is 0.123 e. The smallest absolute Gasteiger partial charge is 0.123 e. The molecule has 2 N–H and O–H groups in total. The number of hydrogen-bond acceptors (Lipinski definition) is 4. The van der Waals surface area contributed by atoms with Crippen LogP contribution in [0, 0.1) is 11.3 Å². The molecule has 4 heteroatoms. The molecule has 3 rings (SSSR count). The molecular formula is C18H27NO3. The van der Waals surface area contributed by atoms with Crippen LogP contribution in [0.2, 0.25) is 0 Å². The molecule has 2 aliphatic rings. The second kappa shape index (κ2) is 6.99. The van der Waals surface area contributed by atoms with Gasteiger partial charge in [0.2, 0.25) is 0 Å². The highest BCUT2D eigenvalue weighted by atomic mass is 16.5. The van der Waals surface area contributed by atoms with Crippen molar-refractivity contribution < 1.29 is 14.6 Å². The van der Waals surface area contributed by atoms with Crippen molar-refractivity contribution in [1.29, 1.82) is 0 Å². The molecular weight excluding hydrogens is 278 g/mol. The van der Waals surface area contributed by atoms with Crippen molar-refractivity contribution in [3.63, 3.8) is 0 Å². The van der Waals surface area contributed by atoms with Gasteiger partial charge in [-0.2, -0.15) is 0 Å². The van der Waals surface area contributed by atoms with Gasteiger partial charge in [0.25, 0.3) is 0 Å². The highest BCUT2D eigenvalue weighted by Gasteiger charge is 2.39. The summed E-state index contributed by atoms with van der Waals surface area (Å²) in [6, 6.07) is 8.59. The summed E-state index contributed by atoms with van der Waals surface area (Å²) in [5.74, 6) is 1.60. The molecule has 1 aliphatic heterocycles. The SMILES string of the molecule is COc1ccccc1C(NCC1(CO)COC1)C1CCCC1. The van der Waals surface area contributed by atoms with Crippen LogP contribution in [0.4, 0.5) is 0 Å². The number of aliphatic hydroxyl groups is 1. The Hall–Kier alpha value is -1.10. The molecule has 1 saturated heterocycles. The lowest BCUT2D eigenvalue weighted by Gasteiger charge is -2.41. The van der Waals surface area contributed by atoms with E-state index < -0.39 is 0 Å². The lowest BCUT2D eigenvalue weighted by molar-refractivity contribution is -0.135. The lowest BCUT2D eigenvalue weighted by atomic mass is 9.85. The summed E-state index contributed by atoms with van der Waals surface area (Å²) in [7, 11) is 1.74. The van der Waals surface area contributed by atoms with E-state index in [9.17, 15) is 5.11 Å². The summed E-state index contributed by atoms with van der Waals surface area (Å²) in [5.41, 5.74) is 1.14. The highest BCUT2D eigenvalue weighted by Crippen LogP contribution is 2.39. The van der Waals surface area contributed by atoms with E-state index in [1.54, 1.807) is 7.11 Å². The van der Waals surface area contributed by atoms with Gasteiger partial charge in [-0.05, 0) is 24.8 Å². The van der Waals surface area contributed by atoms with Crippen LogP contribution >= 0.6 is 0 Å². The Morgan fingerprint density at radius 3 is 2.64 bits per heavy atom. The van der Waals surface area contributed by atoms with Crippen LogP contribution < -0.4 is 10.1 Å². The summed E-state index contributed by atoms with van der Waals surface area (Å²) in [6.07, 6.45) is 5.15. The van der Waals surface area contributed by atoms with Gasteiger partial charge in [-0.1, -0.05) is 31.0 Å².